The largest absolute Gasteiger partial charge is 0.361 e. The minimum Gasteiger partial charge on any atom is -0.361 e. The third kappa shape index (κ3) is 16.0. The SMILES string of the molecule is CCC[C@H](CCCCN)NC(=O)NC[C@@H](CC(=O)CC[C@H](Cc1c[nH]c2ccccc12)NC(=O)NC[C@@H](CC)CCCCN)C(C)C. The molecule has 47 heavy (non-hydrogen) atoms. The monoisotopic (exact) mass is 656 g/mol. The Morgan fingerprint density at radius 3 is 2.13 bits per heavy atom. The Balaban J connectivity index is 1.97. The molecule has 0 aliphatic rings. The van der Waals surface area contributed by atoms with Crippen LogP contribution < -0.4 is 32.7 Å². The Bertz CT molecular complexity index is 1170. The van der Waals surface area contributed by atoms with Gasteiger partial charge in [0.05, 0.1) is 0 Å². The van der Waals surface area contributed by atoms with Gasteiger partial charge in [-0.1, -0.05) is 71.6 Å². The number of fused-ring (bicyclic) bond motifs is 1. The summed E-state index contributed by atoms with van der Waals surface area (Å²) in [5, 5.41) is 13.5. The molecule has 0 saturated heterocycles. The van der Waals surface area contributed by atoms with E-state index in [0.29, 0.717) is 57.8 Å². The number of nitrogens with two attached hydrogens (primary N) is 2. The second kappa shape index (κ2) is 23.3. The number of ketones is 1. The first kappa shape index (κ1) is 40.1. The highest BCUT2D eigenvalue weighted by molar-refractivity contribution is 5.83. The smallest absolute Gasteiger partial charge is 0.315 e. The first-order valence-electron chi connectivity index (χ1n) is 18.3. The summed E-state index contributed by atoms with van der Waals surface area (Å²) in [5.41, 5.74) is 13.5. The van der Waals surface area contributed by atoms with E-state index in [-0.39, 0.29) is 41.8 Å². The van der Waals surface area contributed by atoms with Crippen molar-refractivity contribution < 1.29 is 14.4 Å². The van der Waals surface area contributed by atoms with E-state index in [1.54, 1.807) is 0 Å². The molecule has 1 aromatic carbocycles. The number of aromatic amines is 1. The maximum Gasteiger partial charge on any atom is 0.315 e. The lowest BCUT2D eigenvalue weighted by Crippen LogP contribution is -2.45. The van der Waals surface area contributed by atoms with E-state index >= 15 is 0 Å². The van der Waals surface area contributed by atoms with E-state index in [1.807, 2.05) is 24.4 Å². The summed E-state index contributed by atoms with van der Waals surface area (Å²) < 4.78 is 0. The molecule has 0 spiro atoms. The van der Waals surface area contributed by atoms with Crippen LogP contribution in [0.4, 0.5) is 9.59 Å². The lowest BCUT2D eigenvalue weighted by atomic mass is 9.89. The van der Waals surface area contributed by atoms with Crippen molar-refractivity contribution in [2.75, 3.05) is 26.2 Å². The number of nitrogens with one attached hydrogen (secondary N) is 5. The van der Waals surface area contributed by atoms with Crippen LogP contribution in [0.25, 0.3) is 10.9 Å². The fourth-order valence-corrected chi connectivity index (χ4v) is 6.20. The van der Waals surface area contributed by atoms with Crippen LogP contribution in [0.2, 0.25) is 0 Å². The van der Waals surface area contributed by atoms with Crippen molar-refractivity contribution in [3.05, 3.63) is 36.0 Å². The second-order valence-corrected chi connectivity index (χ2v) is 13.6. The first-order chi connectivity index (χ1) is 22.7. The van der Waals surface area contributed by atoms with Gasteiger partial charge in [-0.2, -0.15) is 0 Å². The topological polar surface area (TPSA) is 167 Å². The number of rotatable bonds is 25. The van der Waals surface area contributed by atoms with Crippen LogP contribution in [0.5, 0.6) is 0 Å². The van der Waals surface area contributed by atoms with E-state index < -0.39 is 0 Å². The highest BCUT2D eigenvalue weighted by Gasteiger charge is 2.22. The Morgan fingerprint density at radius 2 is 1.47 bits per heavy atom. The molecule has 0 radical (unpaired) electrons. The maximum atomic E-state index is 13.3. The summed E-state index contributed by atoms with van der Waals surface area (Å²) in [4.78, 5) is 42.4. The van der Waals surface area contributed by atoms with Gasteiger partial charge in [0, 0.05) is 55.1 Å². The number of aromatic nitrogens is 1. The number of unbranched alkanes of at least 4 members (excludes halogenated alkanes) is 2. The van der Waals surface area contributed by atoms with Gasteiger partial charge in [0.2, 0.25) is 0 Å². The Morgan fingerprint density at radius 1 is 0.809 bits per heavy atom. The van der Waals surface area contributed by atoms with Gasteiger partial charge in [0.1, 0.15) is 5.78 Å². The molecule has 10 nitrogen and oxygen atoms in total. The molecule has 0 aliphatic carbocycles. The fourth-order valence-electron chi connectivity index (χ4n) is 6.20. The van der Waals surface area contributed by atoms with Gasteiger partial charge in [0.15, 0.2) is 0 Å². The predicted octanol–water partition coefficient (Wildman–Crippen LogP) is 6.14. The number of Topliss-reactive ketones (excluding diaryl/α,β-unsaturated/α-hetero) is 1. The van der Waals surface area contributed by atoms with Crippen molar-refractivity contribution in [2.24, 2.45) is 29.2 Å². The Labute approximate surface area is 283 Å². The van der Waals surface area contributed by atoms with Crippen molar-refractivity contribution in [1.29, 1.82) is 0 Å². The summed E-state index contributed by atoms with van der Waals surface area (Å²) in [6.07, 6.45) is 12.8. The van der Waals surface area contributed by atoms with Gasteiger partial charge >= 0.3 is 12.1 Å². The molecule has 0 bridgehead atoms. The maximum absolute atomic E-state index is 13.3. The number of carbonyl (C=O) groups excluding carboxylic acids is 3. The van der Waals surface area contributed by atoms with Crippen molar-refractivity contribution in [3.8, 4) is 0 Å². The number of urea groups is 2. The normalized spacial score (nSPS) is 14.0. The van der Waals surface area contributed by atoms with Crippen LogP contribution in [-0.4, -0.2) is 61.1 Å². The molecule has 2 aromatic rings. The molecular formula is C37H65N7O3. The van der Waals surface area contributed by atoms with Gasteiger partial charge < -0.3 is 37.7 Å². The van der Waals surface area contributed by atoms with Gasteiger partial charge in [-0.25, -0.2) is 9.59 Å². The minimum absolute atomic E-state index is 0.0312. The summed E-state index contributed by atoms with van der Waals surface area (Å²) in [6, 6.07) is 7.70. The number of hydrogen-bond donors (Lipinski definition) is 7. The van der Waals surface area contributed by atoms with E-state index in [0.717, 1.165) is 74.3 Å². The number of hydrogen-bond acceptors (Lipinski definition) is 5. The summed E-state index contributed by atoms with van der Waals surface area (Å²) in [7, 11) is 0. The molecule has 0 fully saturated rings. The zero-order valence-electron chi connectivity index (χ0n) is 29.7. The van der Waals surface area contributed by atoms with Gasteiger partial charge in [-0.05, 0) is 87.4 Å². The van der Waals surface area contributed by atoms with Crippen LogP contribution in [0.1, 0.15) is 110 Å². The molecule has 0 saturated carbocycles. The number of para-hydroxylation sites is 1. The highest BCUT2D eigenvalue weighted by atomic mass is 16.2. The predicted molar refractivity (Wildman–Crippen MR) is 194 cm³/mol. The van der Waals surface area contributed by atoms with Crippen LogP contribution in [0.15, 0.2) is 30.5 Å². The standard InChI is InChI=1S/C37H65N7O3/c1-5-13-31(15-10-12-21-39)43-37(47)42-25-29(27(3)4)23-33(45)19-18-32(22-30-26-40-35-17-8-7-16-34(30)35)44-36(46)41-24-28(6-2)14-9-11-20-38/h7-8,16-17,26-29,31-32,40H,5-6,9-15,18-25,38-39H2,1-4H3,(H2,41,44,46)(H2,42,43,47)/t28-,29+,31+,32+/m0/s1. The Hall–Kier alpha value is -3.11. The van der Waals surface area contributed by atoms with E-state index in [2.05, 4.69) is 60.0 Å². The first-order valence-corrected chi connectivity index (χ1v) is 18.3. The molecule has 266 valence electrons. The van der Waals surface area contributed by atoms with Crippen molar-refractivity contribution in [3.63, 3.8) is 0 Å². The zero-order valence-corrected chi connectivity index (χ0v) is 29.7. The van der Waals surface area contributed by atoms with E-state index in [4.69, 9.17) is 11.5 Å². The second-order valence-electron chi connectivity index (χ2n) is 13.6. The summed E-state index contributed by atoms with van der Waals surface area (Å²) in [6.45, 7) is 10.9. The molecule has 0 unspecified atom stereocenters. The van der Waals surface area contributed by atoms with E-state index in [9.17, 15) is 14.4 Å². The van der Waals surface area contributed by atoms with Crippen LogP contribution in [0.3, 0.4) is 0 Å². The number of amides is 4. The van der Waals surface area contributed by atoms with E-state index in [1.165, 1.54) is 0 Å². The Kier molecular flexibility index (Phi) is 19.8. The van der Waals surface area contributed by atoms with Gasteiger partial charge in [-0.15, -0.1) is 0 Å². The van der Waals surface area contributed by atoms with Crippen LogP contribution >= 0.6 is 0 Å². The van der Waals surface area contributed by atoms with Gasteiger partial charge in [0.25, 0.3) is 0 Å². The molecule has 9 N–H and O–H groups in total. The third-order valence-electron chi connectivity index (χ3n) is 9.38. The number of carbonyl (C=O) groups is 3. The van der Waals surface area contributed by atoms with Crippen LogP contribution in [0, 0.1) is 17.8 Å². The summed E-state index contributed by atoms with van der Waals surface area (Å²) in [5.74, 6) is 0.827. The quantitative estimate of drug-likeness (QED) is 0.0637. The molecule has 4 atom stereocenters. The minimum atomic E-state index is -0.202. The lowest BCUT2D eigenvalue weighted by Gasteiger charge is -2.24. The van der Waals surface area contributed by atoms with Crippen molar-refractivity contribution >= 4 is 28.7 Å². The highest BCUT2D eigenvalue weighted by Crippen LogP contribution is 2.22. The molecule has 0 aliphatic heterocycles. The molecule has 4 amide bonds. The molecule has 2 rings (SSSR count). The number of benzene rings is 1. The van der Waals surface area contributed by atoms with Crippen LogP contribution in [-0.2, 0) is 11.2 Å². The lowest BCUT2D eigenvalue weighted by molar-refractivity contribution is -0.120. The van der Waals surface area contributed by atoms with Crippen molar-refractivity contribution in [2.45, 2.75) is 123 Å². The molecule has 1 heterocycles. The van der Waals surface area contributed by atoms with Gasteiger partial charge in [-0.3, -0.25) is 4.79 Å². The van der Waals surface area contributed by atoms with Crippen molar-refractivity contribution in [1.82, 2.24) is 26.3 Å². The molecule has 10 heteroatoms. The average molecular weight is 656 g/mol. The average Bonchev–Trinajstić information content (AvgIpc) is 3.46. The zero-order chi connectivity index (χ0) is 34.4. The third-order valence-corrected chi connectivity index (χ3v) is 9.38. The molecule has 1 aromatic heterocycles. The molecular weight excluding hydrogens is 590 g/mol. The summed E-state index contributed by atoms with van der Waals surface area (Å²) >= 11 is 0. The number of H-pyrrole nitrogens is 1. The fraction of sp³-hybridized carbons (Fsp3) is 0.703.